The molecule has 8 heteroatoms. The molecule has 3 aromatic rings. The molecule has 0 bridgehead atoms. The summed E-state index contributed by atoms with van der Waals surface area (Å²) in [5.74, 6) is -0.0522. The van der Waals surface area contributed by atoms with Crippen molar-refractivity contribution >= 4 is 16.7 Å². The highest BCUT2D eigenvalue weighted by Gasteiger charge is 2.40. The lowest BCUT2D eigenvalue weighted by Gasteiger charge is -2.20. The average molecular weight is 402 g/mol. The molecule has 1 aliphatic rings. The van der Waals surface area contributed by atoms with E-state index in [9.17, 15) is 18.0 Å². The van der Waals surface area contributed by atoms with Crippen LogP contribution in [0.3, 0.4) is 0 Å². The maximum atomic E-state index is 14.6. The number of hydrogen-bond acceptors (Lipinski definition) is 4. The standard InChI is InChI=1S/C21H21F3N4O/c1-11(13-5-4-6-14(18(13)22)19(23)24)25-20-15-10-28(21(3)7-8-21)17(29)9-16(15)26-12(2)27-20/h4-6,9-11,19H,7-8H2,1-3H3,(H,25,26,27)/t11-/m1/s1. The SMILES string of the molecule is Cc1nc(N[C@H](C)c2cccc(C(F)F)c2F)c2cn(C3(C)CC3)c(=O)cc2n1. The van der Waals surface area contributed by atoms with Crippen molar-refractivity contribution in [2.75, 3.05) is 5.32 Å². The topological polar surface area (TPSA) is 59.8 Å². The number of aromatic nitrogens is 3. The van der Waals surface area contributed by atoms with E-state index in [1.54, 1.807) is 24.6 Å². The minimum Gasteiger partial charge on any atom is -0.363 e. The van der Waals surface area contributed by atoms with Crippen LogP contribution in [0.2, 0.25) is 0 Å². The van der Waals surface area contributed by atoms with Gasteiger partial charge in [-0.05, 0) is 33.6 Å². The summed E-state index contributed by atoms with van der Waals surface area (Å²) in [6.45, 7) is 5.38. The largest absolute Gasteiger partial charge is 0.363 e. The molecule has 4 rings (SSSR count). The van der Waals surface area contributed by atoms with E-state index in [2.05, 4.69) is 15.3 Å². The molecule has 1 fully saturated rings. The molecule has 5 nitrogen and oxygen atoms in total. The zero-order valence-corrected chi connectivity index (χ0v) is 16.3. The van der Waals surface area contributed by atoms with Crippen molar-refractivity contribution < 1.29 is 13.2 Å². The van der Waals surface area contributed by atoms with Gasteiger partial charge in [0.1, 0.15) is 17.5 Å². The van der Waals surface area contributed by atoms with Crippen molar-refractivity contribution in [3.05, 3.63) is 63.6 Å². The summed E-state index contributed by atoms with van der Waals surface area (Å²) < 4.78 is 42.3. The van der Waals surface area contributed by atoms with Crippen LogP contribution in [0.25, 0.3) is 10.9 Å². The molecular formula is C21H21F3N4O. The number of rotatable bonds is 5. The molecule has 2 heterocycles. The van der Waals surface area contributed by atoms with Gasteiger partial charge in [0, 0.05) is 23.4 Å². The number of fused-ring (bicyclic) bond motifs is 1. The molecule has 0 unspecified atom stereocenters. The van der Waals surface area contributed by atoms with Gasteiger partial charge in [-0.25, -0.2) is 23.1 Å². The lowest BCUT2D eigenvalue weighted by molar-refractivity contribution is 0.146. The van der Waals surface area contributed by atoms with Crippen LogP contribution < -0.4 is 10.9 Å². The molecule has 1 N–H and O–H groups in total. The molecular weight excluding hydrogens is 381 g/mol. The number of benzene rings is 1. The molecule has 2 aromatic heterocycles. The number of nitrogens with one attached hydrogen (secondary N) is 1. The first-order valence-electron chi connectivity index (χ1n) is 9.44. The van der Waals surface area contributed by atoms with Gasteiger partial charge in [0.2, 0.25) is 0 Å². The molecule has 0 radical (unpaired) electrons. The Morgan fingerprint density at radius 3 is 2.55 bits per heavy atom. The fourth-order valence-electron chi connectivity index (χ4n) is 3.53. The quantitative estimate of drug-likeness (QED) is 0.662. The van der Waals surface area contributed by atoms with E-state index in [4.69, 9.17) is 0 Å². The van der Waals surface area contributed by atoms with Crippen LogP contribution >= 0.6 is 0 Å². The lowest BCUT2D eigenvalue weighted by Crippen LogP contribution is -2.27. The highest BCUT2D eigenvalue weighted by Crippen LogP contribution is 2.42. The molecule has 1 aliphatic carbocycles. The Bertz CT molecular complexity index is 1150. The third kappa shape index (κ3) is 3.47. The van der Waals surface area contributed by atoms with Crippen LogP contribution in [-0.4, -0.2) is 14.5 Å². The Labute approximate surface area is 165 Å². The maximum absolute atomic E-state index is 14.6. The summed E-state index contributed by atoms with van der Waals surface area (Å²) in [6.07, 6.45) is 0.662. The maximum Gasteiger partial charge on any atom is 0.266 e. The fraction of sp³-hybridized carbons (Fsp3) is 0.381. The normalized spacial score (nSPS) is 16.2. The van der Waals surface area contributed by atoms with E-state index >= 15 is 0 Å². The number of aryl methyl sites for hydroxylation is 1. The van der Waals surface area contributed by atoms with E-state index < -0.39 is 23.8 Å². The Morgan fingerprint density at radius 2 is 1.90 bits per heavy atom. The van der Waals surface area contributed by atoms with Gasteiger partial charge < -0.3 is 9.88 Å². The molecule has 0 saturated heterocycles. The highest BCUT2D eigenvalue weighted by atomic mass is 19.3. The van der Waals surface area contributed by atoms with Gasteiger partial charge in [-0.1, -0.05) is 18.2 Å². The highest BCUT2D eigenvalue weighted by molar-refractivity contribution is 5.88. The number of alkyl halides is 2. The predicted octanol–water partition coefficient (Wildman–Crippen LogP) is 4.86. The van der Waals surface area contributed by atoms with Crippen LogP contribution in [0.15, 0.2) is 35.3 Å². The van der Waals surface area contributed by atoms with Gasteiger partial charge in [-0.2, -0.15) is 0 Å². The summed E-state index contributed by atoms with van der Waals surface area (Å²) in [5.41, 5.74) is -0.369. The number of hydrogen-bond donors (Lipinski definition) is 1. The third-order valence-corrected chi connectivity index (χ3v) is 5.51. The molecule has 152 valence electrons. The summed E-state index contributed by atoms with van der Waals surface area (Å²) in [7, 11) is 0. The smallest absolute Gasteiger partial charge is 0.266 e. The summed E-state index contributed by atoms with van der Waals surface area (Å²) in [4.78, 5) is 21.3. The van der Waals surface area contributed by atoms with Crippen LogP contribution in [0.4, 0.5) is 19.0 Å². The first-order valence-corrected chi connectivity index (χ1v) is 9.44. The third-order valence-electron chi connectivity index (χ3n) is 5.51. The zero-order chi connectivity index (χ0) is 20.9. The minimum atomic E-state index is -2.89. The Balaban J connectivity index is 1.78. The van der Waals surface area contributed by atoms with E-state index in [0.29, 0.717) is 22.5 Å². The second-order valence-electron chi connectivity index (χ2n) is 7.81. The molecule has 1 aromatic carbocycles. The Morgan fingerprint density at radius 1 is 1.21 bits per heavy atom. The van der Waals surface area contributed by atoms with Gasteiger partial charge in [-0.15, -0.1) is 0 Å². The Hall–Kier alpha value is -2.90. The lowest BCUT2D eigenvalue weighted by atomic mass is 10.0. The monoisotopic (exact) mass is 402 g/mol. The number of anilines is 1. The molecule has 1 atom stereocenters. The average Bonchev–Trinajstić information content (AvgIpc) is 3.39. The van der Waals surface area contributed by atoms with Gasteiger partial charge in [0.05, 0.1) is 22.5 Å². The van der Waals surface area contributed by atoms with Gasteiger partial charge in [-0.3, -0.25) is 4.79 Å². The van der Waals surface area contributed by atoms with Gasteiger partial charge in [0.15, 0.2) is 0 Å². The molecule has 1 saturated carbocycles. The number of halogens is 3. The molecule has 0 spiro atoms. The summed E-state index contributed by atoms with van der Waals surface area (Å²) in [6, 6.07) is 4.81. The Kier molecular flexibility index (Phi) is 4.59. The zero-order valence-electron chi connectivity index (χ0n) is 16.3. The van der Waals surface area contributed by atoms with Gasteiger partial charge in [0.25, 0.3) is 12.0 Å². The van der Waals surface area contributed by atoms with Crippen molar-refractivity contribution in [3.8, 4) is 0 Å². The van der Waals surface area contributed by atoms with Crippen molar-refractivity contribution in [3.63, 3.8) is 0 Å². The van der Waals surface area contributed by atoms with Crippen molar-refractivity contribution in [1.29, 1.82) is 0 Å². The van der Waals surface area contributed by atoms with Crippen molar-refractivity contribution in [2.24, 2.45) is 0 Å². The van der Waals surface area contributed by atoms with E-state index in [0.717, 1.165) is 18.9 Å². The van der Waals surface area contributed by atoms with Crippen LogP contribution in [0.1, 0.15) is 56.1 Å². The van der Waals surface area contributed by atoms with Crippen molar-refractivity contribution in [1.82, 2.24) is 14.5 Å². The number of pyridine rings is 1. The van der Waals surface area contributed by atoms with E-state index in [-0.39, 0.29) is 16.7 Å². The summed E-state index contributed by atoms with van der Waals surface area (Å²) in [5, 5.41) is 3.74. The second-order valence-corrected chi connectivity index (χ2v) is 7.81. The van der Waals surface area contributed by atoms with Gasteiger partial charge >= 0.3 is 0 Å². The minimum absolute atomic E-state index is 0.120. The van der Waals surface area contributed by atoms with Crippen molar-refractivity contribution in [2.45, 2.75) is 51.6 Å². The molecule has 0 amide bonds. The predicted molar refractivity (Wildman–Crippen MR) is 105 cm³/mol. The number of nitrogens with zero attached hydrogens (tertiary/aromatic N) is 3. The van der Waals surface area contributed by atoms with Crippen LogP contribution in [0, 0.1) is 12.7 Å². The molecule has 0 aliphatic heterocycles. The summed E-state index contributed by atoms with van der Waals surface area (Å²) >= 11 is 0. The molecule has 29 heavy (non-hydrogen) atoms. The fourth-order valence-corrected chi connectivity index (χ4v) is 3.53. The van der Waals surface area contributed by atoms with E-state index in [1.165, 1.54) is 18.2 Å². The van der Waals surface area contributed by atoms with E-state index in [1.807, 2.05) is 6.92 Å². The first kappa shape index (κ1) is 19.4. The second kappa shape index (κ2) is 6.86. The van der Waals surface area contributed by atoms with Crippen LogP contribution in [-0.2, 0) is 5.54 Å². The van der Waals surface area contributed by atoms with Crippen LogP contribution in [0.5, 0.6) is 0 Å². The first-order chi connectivity index (χ1) is 13.7.